The van der Waals surface area contributed by atoms with Crippen LogP contribution in [0.25, 0.3) is 0 Å². The predicted octanol–water partition coefficient (Wildman–Crippen LogP) is 5.02. The van der Waals surface area contributed by atoms with Crippen molar-refractivity contribution in [3.8, 4) is 0 Å². The van der Waals surface area contributed by atoms with Crippen LogP contribution in [0.2, 0.25) is 0 Å². The van der Waals surface area contributed by atoms with Crippen LogP contribution < -0.4 is 0 Å². The Morgan fingerprint density at radius 3 is 2.08 bits per heavy atom. The van der Waals surface area contributed by atoms with E-state index in [0.717, 1.165) is 18.5 Å². The summed E-state index contributed by atoms with van der Waals surface area (Å²) in [7, 11) is 3.36. The van der Waals surface area contributed by atoms with Gasteiger partial charge in [-0.2, -0.15) is 0 Å². The minimum Gasteiger partial charge on any atom is -0.375 e. The van der Waals surface area contributed by atoms with Crippen molar-refractivity contribution in [2.24, 2.45) is 0 Å². The van der Waals surface area contributed by atoms with Crippen LogP contribution in [0.1, 0.15) is 50.6 Å². The van der Waals surface area contributed by atoms with E-state index in [1.54, 1.807) is 18.6 Å². The minimum atomic E-state index is -0.234. The fourth-order valence-corrected chi connectivity index (χ4v) is 4.05. The first-order valence-corrected chi connectivity index (χ1v) is 9.43. The monoisotopic (exact) mass is 386 g/mol. The van der Waals surface area contributed by atoms with Crippen LogP contribution in [0.4, 0.5) is 0 Å². The number of halogens is 2. The molecule has 0 spiro atoms. The van der Waals surface area contributed by atoms with Crippen molar-refractivity contribution in [3.05, 3.63) is 45.7 Å². The van der Waals surface area contributed by atoms with Gasteiger partial charge < -0.3 is 14.4 Å². The van der Waals surface area contributed by atoms with E-state index in [4.69, 9.17) is 32.9 Å². The fourth-order valence-electron chi connectivity index (χ4n) is 3.43. The fraction of sp³-hybridized carbons (Fsp3) is 0.579. The first-order chi connectivity index (χ1) is 11.9. The molecule has 0 saturated carbocycles. The lowest BCUT2D eigenvalue weighted by Gasteiger charge is -2.38. The van der Waals surface area contributed by atoms with E-state index in [0.29, 0.717) is 5.16 Å². The molecule has 0 radical (unpaired) electrons. The van der Waals surface area contributed by atoms with Gasteiger partial charge in [-0.3, -0.25) is 0 Å². The highest BCUT2D eigenvalue weighted by atomic mass is 35.5. The average molecular weight is 387 g/mol. The van der Waals surface area contributed by atoms with Gasteiger partial charge in [-0.25, -0.2) is 4.42 Å². The summed E-state index contributed by atoms with van der Waals surface area (Å²) in [6.45, 7) is 8.27. The highest BCUT2D eigenvalue weighted by Crippen LogP contribution is 2.47. The third-order valence-corrected chi connectivity index (χ3v) is 5.75. The molecule has 0 bridgehead atoms. The molecule has 25 heavy (non-hydrogen) atoms. The van der Waals surface area contributed by atoms with Gasteiger partial charge >= 0.3 is 0 Å². The molecule has 1 heterocycles. The number of nitrogens with zero attached hydrogens (tertiary/aromatic N) is 2. The highest BCUT2D eigenvalue weighted by molar-refractivity contribution is 6.33. The number of benzene rings is 1. The summed E-state index contributed by atoms with van der Waals surface area (Å²) in [4.78, 5) is 2.12. The molecule has 0 aliphatic carbocycles. The maximum absolute atomic E-state index is 6.70. The maximum atomic E-state index is 6.70. The molecule has 0 saturated heterocycles. The Labute approximate surface area is 161 Å². The lowest BCUT2D eigenvalue weighted by Crippen LogP contribution is -2.40. The molecule has 4 nitrogen and oxygen atoms in total. The summed E-state index contributed by atoms with van der Waals surface area (Å²) in [6, 6.07) is 6.41. The minimum absolute atomic E-state index is 0.199. The van der Waals surface area contributed by atoms with Crippen LogP contribution in [-0.4, -0.2) is 35.9 Å². The van der Waals surface area contributed by atoms with Crippen molar-refractivity contribution in [1.82, 2.24) is 9.32 Å². The number of hydrogen-bond acceptors (Lipinski definition) is 4. The zero-order valence-corrected chi connectivity index (χ0v) is 17.4. The van der Waals surface area contributed by atoms with Crippen molar-refractivity contribution < 1.29 is 9.47 Å². The van der Waals surface area contributed by atoms with Crippen LogP contribution in [-0.2, 0) is 22.3 Å². The van der Waals surface area contributed by atoms with E-state index in [2.05, 4.69) is 36.9 Å². The molecule has 140 valence electrons. The molecule has 1 aromatic carbocycles. The van der Waals surface area contributed by atoms with Crippen molar-refractivity contribution in [2.75, 3.05) is 14.2 Å². The first-order valence-electron chi connectivity index (χ1n) is 8.72. The van der Waals surface area contributed by atoms with Gasteiger partial charge in [-0.1, -0.05) is 43.6 Å². The first kappa shape index (κ1) is 20.4. The zero-order valence-electron chi connectivity index (χ0n) is 15.8. The summed E-state index contributed by atoms with van der Waals surface area (Å²) in [6.07, 6.45) is 1.21. The SMILES string of the molecule is CCc1cccc(CC)c1C1N(Cl)C(Cl)=C(C(C)OC)N1C(C)OC. The molecule has 3 atom stereocenters. The van der Waals surface area contributed by atoms with E-state index < -0.39 is 0 Å². The molecular formula is C19H28Cl2N2O2. The van der Waals surface area contributed by atoms with Crippen molar-refractivity contribution in [3.63, 3.8) is 0 Å². The zero-order chi connectivity index (χ0) is 18.7. The van der Waals surface area contributed by atoms with E-state index >= 15 is 0 Å². The summed E-state index contributed by atoms with van der Waals surface area (Å²) in [5, 5.41) is 0.484. The predicted molar refractivity (Wildman–Crippen MR) is 103 cm³/mol. The third kappa shape index (κ3) is 3.63. The quantitative estimate of drug-likeness (QED) is 0.485. The summed E-state index contributed by atoms with van der Waals surface area (Å²) < 4.78 is 12.8. The van der Waals surface area contributed by atoms with E-state index in [9.17, 15) is 0 Å². The smallest absolute Gasteiger partial charge is 0.147 e. The van der Waals surface area contributed by atoms with Gasteiger partial charge in [0, 0.05) is 31.6 Å². The van der Waals surface area contributed by atoms with E-state index in [1.165, 1.54) is 16.7 Å². The van der Waals surface area contributed by atoms with Crippen LogP contribution >= 0.6 is 23.4 Å². The number of methoxy groups -OCH3 is 2. The van der Waals surface area contributed by atoms with Crippen LogP contribution in [0.5, 0.6) is 0 Å². The molecule has 1 aliphatic rings. The lowest BCUT2D eigenvalue weighted by molar-refractivity contribution is -0.0432. The Morgan fingerprint density at radius 1 is 1.08 bits per heavy atom. The summed E-state index contributed by atoms with van der Waals surface area (Å²) in [5.41, 5.74) is 4.56. The van der Waals surface area contributed by atoms with E-state index in [1.807, 2.05) is 13.8 Å². The standard InChI is InChI=1S/C19H28Cl2N2O2/c1-7-14-10-9-11-15(8-2)16(14)19-22(13(4)25-6)17(12(3)24-5)18(20)23(19)21/h9-13,19H,7-8H2,1-6H3. The molecule has 0 fully saturated rings. The van der Waals surface area contributed by atoms with Gasteiger partial charge in [0.05, 0.1) is 11.8 Å². The van der Waals surface area contributed by atoms with E-state index in [-0.39, 0.29) is 18.5 Å². The Bertz CT molecular complexity index is 614. The molecule has 2 rings (SSSR count). The molecule has 1 aliphatic heterocycles. The van der Waals surface area contributed by atoms with Gasteiger partial charge in [0.1, 0.15) is 17.5 Å². The molecule has 6 heteroatoms. The second-order valence-corrected chi connectivity index (χ2v) is 6.90. The highest BCUT2D eigenvalue weighted by Gasteiger charge is 2.44. The number of hydrogen-bond donors (Lipinski definition) is 0. The van der Waals surface area contributed by atoms with Gasteiger partial charge in [0.2, 0.25) is 0 Å². The Kier molecular flexibility index (Phi) is 7.03. The number of aryl methyl sites for hydroxylation is 2. The van der Waals surface area contributed by atoms with Crippen LogP contribution in [0, 0.1) is 0 Å². The molecule has 0 aromatic heterocycles. The molecule has 1 aromatic rings. The van der Waals surface area contributed by atoms with Gasteiger partial charge in [-0.15, -0.1) is 0 Å². The Hall–Kier alpha value is -0.940. The number of ether oxygens (including phenoxy) is 2. The molecule has 0 amide bonds. The second kappa shape index (κ2) is 8.63. The Balaban J connectivity index is 2.65. The molecule has 3 unspecified atom stereocenters. The van der Waals surface area contributed by atoms with Crippen LogP contribution in [0.15, 0.2) is 29.1 Å². The van der Waals surface area contributed by atoms with Crippen LogP contribution in [0.3, 0.4) is 0 Å². The van der Waals surface area contributed by atoms with Gasteiger partial charge in [0.15, 0.2) is 0 Å². The van der Waals surface area contributed by atoms with Gasteiger partial charge in [-0.05, 0) is 37.8 Å². The second-order valence-electron chi connectivity index (χ2n) is 6.18. The van der Waals surface area contributed by atoms with Crippen molar-refractivity contribution in [2.45, 2.75) is 59.0 Å². The molecule has 0 N–H and O–H groups in total. The number of rotatable bonds is 7. The average Bonchev–Trinajstić information content (AvgIpc) is 2.90. The lowest BCUT2D eigenvalue weighted by atomic mass is 9.94. The third-order valence-electron chi connectivity index (χ3n) is 4.93. The topological polar surface area (TPSA) is 24.9 Å². The largest absolute Gasteiger partial charge is 0.375 e. The van der Waals surface area contributed by atoms with Crippen molar-refractivity contribution >= 4 is 23.4 Å². The molecular weight excluding hydrogens is 359 g/mol. The van der Waals surface area contributed by atoms with Crippen molar-refractivity contribution in [1.29, 1.82) is 0 Å². The maximum Gasteiger partial charge on any atom is 0.147 e. The summed E-state index contributed by atoms with van der Waals surface area (Å²) in [5.74, 6) is 0. The Morgan fingerprint density at radius 2 is 1.64 bits per heavy atom. The summed E-state index contributed by atoms with van der Waals surface area (Å²) >= 11 is 13.3. The van der Waals surface area contributed by atoms with Gasteiger partial charge in [0.25, 0.3) is 0 Å². The normalized spacial score (nSPS) is 20.4.